The number of rotatable bonds is 3. The Morgan fingerprint density at radius 3 is 2.54 bits per heavy atom. The summed E-state index contributed by atoms with van der Waals surface area (Å²) in [5.41, 5.74) is 2.42. The molecule has 1 aromatic heterocycles. The highest BCUT2D eigenvalue weighted by Gasteiger charge is 2.59. The molecule has 0 bridgehead atoms. The van der Waals surface area contributed by atoms with Crippen LogP contribution in [0.25, 0.3) is 10.9 Å². The fourth-order valence-corrected chi connectivity index (χ4v) is 4.24. The standard InChI is InChI=1S/C21H24N2O3/c1-13(2)18-11-15(14-5-3-4-6-17(14)22-18)19(24)23-9-7-21(8-10-23)12-16(21)20(25)26/h3-6,11,13,16H,7-10,12H2,1-2H3,(H,25,26). The topological polar surface area (TPSA) is 70.5 Å². The molecule has 5 nitrogen and oxygen atoms in total. The lowest BCUT2D eigenvalue weighted by molar-refractivity contribution is -0.139. The van der Waals surface area contributed by atoms with Crippen molar-refractivity contribution in [3.8, 4) is 0 Å². The van der Waals surface area contributed by atoms with Crippen LogP contribution in [-0.2, 0) is 4.79 Å². The number of nitrogens with zero attached hydrogens (tertiary/aromatic N) is 2. The molecule has 1 saturated heterocycles. The largest absolute Gasteiger partial charge is 0.481 e. The van der Waals surface area contributed by atoms with Crippen molar-refractivity contribution in [1.29, 1.82) is 0 Å². The van der Waals surface area contributed by atoms with Gasteiger partial charge in [-0.15, -0.1) is 0 Å². The molecule has 4 rings (SSSR count). The van der Waals surface area contributed by atoms with Gasteiger partial charge in [-0.25, -0.2) is 0 Å². The number of carboxylic acid groups (broad SMARTS) is 1. The van der Waals surface area contributed by atoms with Gasteiger partial charge in [-0.05, 0) is 42.7 Å². The third-order valence-corrected chi connectivity index (χ3v) is 6.09. The number of fused-ring (bicyclic) bond motifs is 1. The van der Waals surface area contributed by atoms with Gasteiger partial charge in [0.1, 0.15) is 0 Å². The van der Waals surface area contributed by atoms with Crippen molar-refractivity contribution in [2.24, 2.45) is 11.3 Å². The molecule has 1 N–H and O–H groups in total. The number of carboxylic acids is 1. The molecule has 1 saturated carbocycles. The zero-order valence-electron chi connectivity index (χ0n) is 15.2. The summed E-state index contributed by atoms with van der Waals surface area (Å²) in [6.07, 6.45) is 2.34. The summed E-state index contributed by atoms with van der Waals surface area (Å²) in [4.78, 5) is 31.0. The van der Waals surface area contributed by atoms with Crippen LogP contribution in [0.15, 0.2) is 30.3 Å². The normalized spacial score (nSPS) is 21.3. The van der Waals surface area contributed by atoms with Gasteiger partial charge < -0.3 is 10.0 Å². The van der Waals surface area contributed by atoms with E-state index in [4.69, 9.17) is 0 Å². The second-order valence-electron chi connectivity index (χ2n) is 8.02. The van der Waals surface area contributed by atoms with Crippen LogP contribution in [0.1, 0.15) is 55.1 Å². The maximum Gasteiger partial charge on any atom is 0.307 e. The number of para-hydroxylation sites is 1. The first-order chi connectivity index (χ1) is 12.4. The SMILES string of the molecule is CC(C)c1cc(C(=O)N2CCC3(CC2)CC3C(=O)O)c2ccccc2n1. The van der Waals surface area contributed by atoms with E-state index in [2.05, 4.69) is 18.8 Å². The van der Waals surface area contributed by atoms with E-state index in [1.807, 2.05) is 35.2 Å². The summed E-state index contributed by atoms with van der Waals surface area (Å²) >= 11 is 0. The molecule has 2 aromatic rings. The van der Waals surface area contributed by atoms with Crippen LogP contribution in [0.5, 0.6) is 0 Å². The smallest absolute Gasteiger partial charge is 0.307 e. The average molecular weight is 352 g/mol. The first kappa shape index (κ1) is 17.0. The lowest BCUT2D eigenvalue weighted by atomic mass is 9.90. The van der Waals surface area contributed by atoms with Gasteiger partial charge in [0.05, 0.1) is 17.0 Å². The molecule has 2 heterocycles. The molecular formula is C21H24N2O3. The molecule has 26 heavy (non-hydrogen) atoms. The zero-order valence-corrected chi connectivity index (χ0v) is 15.2. The lowest BCUT2D eigenvalue weighted by Gasteiger charge is -2.33. The maximum atomic E-state index is 13.2. The molecule has 1 unspecified atom stereocenters. The molecule has 2 aliphatic rings. The Hall–Kier alpha value is -2.43. The molecule has 1 spiro atoms. The van der Waals surface area contributed by atoms with Crippen molar-refractivity contribution in [2.45, 2.75) is 39.0 Å². The molecule has 1 atom stereocenters. The molecule has 0 radical (unpaired) electrons. The van der Waals surface area contributed by atoms with Gasteiger partial charge in [0.15, 0.2) is 0 Å². The van der Waals surface area contributed by atoms with Gasteiger partial charge in [0.25, 0.3) is 5.91 Å². The molecule has 1 amide bonds. The van der Waals surface area contributed by atoms with Gasteiger partial charge in [-0.3, -0.25) is 14.6 Å². The van der Waals surface area contributed by atoms with Crippen LogP contribution < -0.4 is 0 Å². The Morgan fingerprint density at radius 1 is 1.23 bits per heavy atom. The van der Waals surface area contributed by atoms with Crippen molar-refractivity contribution in [1.82, 2.24) is 9.88 Å². The molecule has 1 aliphatic carbocycles. The van der Waals surface area contributed by atoms with E-state index in [1.54, 1.807) is 0 Å². The molecule has 1 aliphatic heterocycles. The summed E-state index contributed by atoms with van der Waals surface area (Å²) in [7, 11) is 0. The average Bonchev–Trinajstić information content (AvgIpc) is 3.34. The number of hydrogen-bond donors (Lipinski definition) is 1. The Labute approximate surface area is 153 Å². The summed E-state index contributed by atoms with van der Waals surface area (Å²) in [6, 6.07) is 9.70. The van der Waals surface area contributed by atoms with E-state index in [9.17, 15) is 14.7 Å². The zero-order chi connectivity index (χ0) is 18.5. The van der Waals surface area contributed by atoms with Crippen molar-refractivity contribution in [2.75, 3.05) is 13.1 Å². The van der Waals surface area contributed by atoms with Gasteiger partial charge in [0, 0.05) is 24.2 Å². The number of carbonyl (C=O) groups excluding carboxylic acids is 1. The van der Waals surface area contributed by atoms with E-state index < -0.39 is 5.97 Å². The predicted octanol–water partition coefficient (Wildman–Crippen LogP) is 3.69. The molecule has 136 valence electrons. The highest BCUT2D eigenvalue weighted by Crippen LogP contribution is 2.59. The van der Waals surface area contributed by atoms with Crippen LogP contribution >= 0.6 is 0 Å². The minimum Gasteiger partial charge on any atom is -0.481 e. The van der Waals surface area contributed by atoms with Crippen LogP contribution in [0, 0.1) is 11.3 Å². The molecule has 1 aromatic carbocycles. The second-order valence-corrected chi connectivity index (χ2v) is 8.02. The maximum absolute atomic E-state index is 13.2. The van der Waals surface area contributed by atoms with Gasteiger partial charge >= 0.3 is 5.97 Å². The van der Waals surface area contributed by atoms with E-state index in [0.717, 1.165) is 35.9 Å². The summed E-state index contributed by atoms with van der Waals surface area (Å²) in [5.74, 6) is -0.619. The summed E-state index contributed by atoms with van der Waals surface area (Å²) in [6.45, 7) is 5.43. The van der Waals surface area contributed by atoms with E-state index in [1.165, 1.54) is 0 Å². The van der Waals surface area contributed by atoms with Gasteiger partial charge in [-0.1, -0.05) is 32.0 Å². The van der Waals surface area contributed by atoms with Crippen LogP contribution in [0.2, 0.25) is 0 Å². The minimum atomic E-state index is -0.688. The highest BCUT2D eigenvalue weighted by molar-refractivity contribution is 6.06. The number of amides is 1. The fourth-order valence-electron chi connectivity index (χ4n) is 4.24. The van der Waals surface area contributed by atoms with Crippen molar-refractivity contribution >= 4 is 22.8 Å². The molecule has 5 heteroatoms. The summed E-state index contributed by atoms with van der Waals surface area (Å²) < 4.78 is 0. The quantitative estimate of drug-likeness (QED) is 0.915. The number of carbonyl (C=O) groups is 2. The molecule has 2 fully saturated rings. The number of benzene rings is 1. The van der Waals surface area contributed by atoms with E-state index in [0.29, 0.717) is 18.7 Å². The lowest BCUT2D eigenvalue weighted by Crippen LogP contribution is -2.40. The van der Waals surface area contributed by atoms with Gasteiger partial charge in [0.2, 0.25) is 0 Å². The Morgan fingerprint density at radius 2 is 1.92 bits per heavy atom. The Bertz CT molecular complexity index is 882. The number of pyridine rings is 1. The Kier molecular flexibility index (Phi) is 3.98. The second kappa shape index (κ2) is 6.08. The first-order valence-electron chi connectivity index (χ1n) is 9.33. The third-order valence-electron chi connectivity index (χ3n) is 6.09. The number of likely N-dealkylation sites (tertiary alicyclic amines) is 1. The van der Waals surface area contributed by atoms with Crippen molar-refractivity contribution < 1.29 is 14.7 Å². The van der Waals surface area contributed by atoms with Gasteiger partial charge in [-0.2, -0.15) is 0 Å². The van der Waals surface area contributed by atoms with Crippen LogP contribution in [0.4, 0.5) is 0 Å². The summed E-state index contributed by atoms with van der Waals surface area (Å²) in [5, 5.41) is 10.1. The van der Waals surface area contributed by atoms with E-state index in [-0.39, 0.29) is 23.2 Å². The monoisotopic (exact) mass is 352 g/mol. The van der Waals surface area contributed by atoms with Crippen LogP contribution in [-0.4, -0.2) is 40.0 Å². The van der Waals surface area contributed by atoms with E-state index >= 15 is 0 Å². The predicted molar refractivity (Wildman–Crippen MR) is 99.1 cm³/mol. The third kappa shape index (κ3) is 2.75. The number of aromatic nitrogens is 1. The molecular weight excluding hydrogens is 328 g/mol. The van der Waals surface area contributed by atoms with Crippen molar-refractivity contribution in [3.05, 3.63) is 41.6 Å². The number of aliphatic carboxylic acids is 1. The minimum absolute atomic E-state index is 0.0351. The van der Waals surface area contributed by atoms with Crippen molar-refractivity contribution in [3.63, 3.8) is 0 Å². The highest BCUT2D eigenvalue weighted by atomic mass is 16.4. The number of piperidine rings is 1. The van der Waals surface area contributed by atoms with Crippen LogP contribution in [0.3, 0.4) is 0 Å². The number of hydrogen-bond acceptors (Lipinski definition) is 3. The fraction of sp³-hybridized carbons (Fsp3) is 0.476. The first-order valence-corrected chi connectivity index (χ1v) is 9.33. The Balaban J connectivity index is 1.60.